The first-order valence-electron chi connectivity index (χ1n) is 9.48. The van der Waals surface area contributed by atoms with Crippen LogP contribution in [0.25, 0.3) is 0 Å². The predicted molar refractivity (Wildman–Crippen MR) is 111 cm³/mol. The summed E-state index contributed by atoms with van der Waals surface area (Å²) in [6.45, 7) is 14.7. The first-order valence-corrected chi connectivity index (χ1v) is 10.0. The molecule has 0 spiro atoms. The van der Waals surface area contributed by atoms with E-state index in [0.717, 1.165) is 17.9 Å². The van der Waals surface area contributed by atoms with Crippen molar-refractivity contribution in [3.63, 3.8) is 0 Å². The maximum atomic E-state index is 12.7. The third kappa shape index (κ3) is 4.75. The van der Waals surface area contributed by atoms with E-state index in [9.17, 15) is 9.59 Å². The number of fused-ring (bicyclic) bond motifs is 1. The Hall–Kier alpha value is -1.75. The number of hydrogen-bond donors (Lipinski definition) is 0. The van der Waals surface area contributed by atoms with Gasteiger partial charge in [0.15, 0.2) is 0 Å². The predicted octanol–water partition coefficient (Wildman–Crippen LogP) is 4.47. The molecule has 0 aromatic heterocycles. The van der Waals surface area contributed by atoms with Gasteiger partial charge in [-0.15, -0.1) is 11.6 Å². The Kier molecular flexibility index (Phi) is 6.46. The number of halogens is 1. The lowest BCUT2D eigenvalue weighted by Gasteiger charge is -2.46. The maximum Gasteiger partial charge on any atom is 0.338 e. The zero-order valence-electron chi connectivity index (χ0n) is 17.4. The van der Waals surface area contributed by atoms with E-state index in [4.69, 9.17) is 16.3 Å². The van der Waals surface area contributed by atoms with Crippen LogP contribution in [0, 0.1) is 5.92 Å². The van der Waals surface area contributed by atoms with Crippen molar-refractivity contribution in [1.29, 1.82) is 0 Å². The second-order valence-corrected chi connectivity index (χ2v) is 8.93. The van der Waals surface area contributed by atoms with E-state index in [1.807, 2.05) is 26.8 Å². The number of hydrogen-bond acceptors (Lipinski definition) is 4. The van der Waals surface area contributed by atoms with E-state index < -0.39 is 11.6 Å². The van der Waals surface area contributed by atoms with Crippen LogP contribution in [0.5, 0.6) is 0 Å². The smallest absolute Gasteiger partial charge is 0.338 e. The monoisotopic (exact) mass is 394 g/mol. The van der Waals surface area contributed by atoms with E-state index in [1.165, 1.54) is 0 Å². The number of alkyl halides is 1. The third-order valence-corrected chi connectivity index (χ3v) is 4.90. The Labute approximate surface area is 167 Å². The van der Waals surface area contributed by atoms with Gasteiger partial charge in [-0.1, -0.05) is 13.8 Å². The molecule has 0 bridgehead atoms. The standard InChI is InChI=1S/C21H31ClN2O3/c1-13(2)18-12-23(14(3)4)16-9-8-15(20(26)27-21(5,6)7)10-17(16)24(18)19(25)11-22/h8-10,13-14,18H,11-12H2,1-7H3. The molecule has 1 unspecified atom stereocenters. The number of anilines is 2. The Bertz CT molecular complexity index is 710. The van der Waals surface area contributed by atoms with Crippen LogP contribution < -0.4 is 9.80 Å². The van der Waals surface area contributed by atoms with Gasteiger partial charge in [-0.3, -0.25) is 4.79 Å². The average Bonchev–Trinajstić information content (AvgIpc) is 2.57. The van der Waals surface area contributed by atoms with E-state index in [0.29, 0.717) is 5.56 Å². The van der Waals surface area contributed by atoms with Crippen molar-refractivity contribution < 1.29 is 14.3 Å². The summed E-state index contributed by atoms with van der Waals surface area (Å²) in [5.74, 6) is -0.398. The van der Waals surface area contributed by atoms with Gasteiger partial charge in [0.05, 0.1) is 23.0 Å². The highest BCUT2D eigenvalue weighted by Gasteiger charge is 2.37. The molecule has 0 saturated heterocycles. The third-order valence-electron chi connectivity index (χ3n) is 4.67. The van der Waals surface area contributed by atoms with Crippen LogP contribution >= 0.6 is 11.6 Å². The maximum absolute atomic E-state index is 12.7. The Morgan fingerprint density at radius 1 is 1.19 bits per heavy atom. The highest BCUT2D eigenvalue weighted by molar-refractivity contribution is 6.29. The van der Waals surface area contributed by atoms with Crippen molar-refractivity contribution in [2.75, 3.05) is 22.2 Å². The van der Waals surface area contributed by atoms with Crippen LogP contribution in [-0.2, 0) is 9.53 Å². The molecular weight excluding hydrogens is 364 g/mol. The van der Waals surface area contributed by atoms with Crippen molar-refractivity contribution in [1.82, 2.24) is 0 Å². The van der Waals surface area contributed by atoms with Gasteiger partial charge in [-0.2, -0.15) is 0 Å². The van der Waals surface area contributed by atoms with Gasteiger partial charge in [0.2, 0.25) is 5.91 Å². The van der Waals surface area contributed by atoms with Crippen LogP contribution in [0.4, 0.5) is 11.4 Å². The van der Waals surface area contributed by atoms with Crippen LogP contribution in [0.15, 0.2) is 18.2 Å². The number of esters is 1. The lowest BCUT2D eigenvalue weighted by Crippen LogP contribution is -2.56. The molecule has 1 aliphatic heterocycles. The summed E-state index contributed by atoms with van der Waals surface area (Å²) in [4.78, 5) is 29.3. The van der Waals surface area contributed by atoms with Crippen molar-refractivity contribution in [2.24, 2.45) is 5.92 Å². The molecule has 2 rings (SSSR count). The zero-order valence-corrected chi connectivity index (χ0v) is 18.1. The number of carbonyl (C=O) groups is 2. The fraction of sp³-hybridized carbons (Fsp3) is 0.619. The molecule has 0 aliphatic carbocycles. The lowest BCUT2D eigenvalue weighted by atomic mass is 9.95. The number of rotatable bonds is 4. The molecule has 1 aromatic rings. The van der Waals surface area contributed by atoms with Crippen LogP contribution in [0.3, 0.4) is 0 Å². The molecule has 1 aromatic carbocycles. The summed E-state index contributed by atoms with van der Waals surface area (Å²) >= 11 is 5.91. The van der Waals surface area contributed by atoms with E-state index in [2.05, 4.69) is 32.6 Å². The molecule has 0 N–H and O–H groups in total. The topological polar surface area (TPSA) is 49.9 Å². The molecule has 1 amide bonds. The van der Waals surface area contributed by atoms with Gasteiger partial charge >= 0.3 is 5.97 Å². The van der Waals surface area contributed by atoms with Crippen molar-refractivity contribution in [3.8, 4) is 0 Å². The van der Waals surface area contributed by atoms with Gasteiger partial charge in [-0.05, 0) is 58.7 Å². The van der Waals surface area contributed by atoms with Crippen LogP contribution in [0.2, 0.25) is 0 Å². The summed E-state index contributed by atoms with van der Waals surface area (Å²) in [7, 11) is 0. The first-order chi connectivity index (χ1) is 12.5. The molecular formula is C21H31ClN2O3. The molecule has 5 nitrogen and oxygen atoms in total. The fourth-order valence-corrected chi connectivity index (χ4v) is 3.49. The molecule has 150 valence electrons. The molecule has 27 heavy (non-hydrogen) atoms. The number of ether oxygens (including phenoxy) is 1. The van der Waals surface area contributed by atoms with Crippen molar-refractivity contribution in [2.45, 2.75) is 66.2 Å². The Morgan fingerprint density at radius 2 is 1.81 bits per heavy atom. The van der Waals surface area contributed by atoms with Gasteiger partial charge in [0, 0.05) is 12.6 Å². The molecule has 0 saturated carbocycles. The van der Waals surface area contributed by atoms with Gasteiger partial charge in [0.25, 0.3) is 0 Å². The first kappa shape index (κ1) is 21.5. The van der Waals surface area contributed by atoms with Crippen LogP contribution in [-0.4, -0.2) is 42.0 Å². The minimum Gasteiger partial charge on any atom is -0.456 e. The minimum atomic E-state index is -0.580. The normalized spacial score (nSPS) is 17.3. The van der Waals surface area contributed by atoms with Gasteiger partial charge in [-0.25, -0.2) is 4.79 Å². The zero-order chi connectivity index (χ0) is 20.5. The summed E-state index contributed by atoms with van der Waals surface area (Å²) in [6, 6.07) is 5.68. The summed E-state index contributed by atoms with van der Waals surface area (Å²) in [5.41, 5.74) is 1.52. The second kappa shape index (κ2) is 8.09. The fourth-order valence-electron chi connectivity index (χ4n) is 3.37. The molecule has 1 atom stereocenters. The van der Waals surface area contributed by atoms with Crippen molar-refractivity contribution in [3.05, 3.63) is 23.8 Å². The van der Waals surface area contributed by atoms with E-state index in [1.54, 1.807) is 17.0 Å². The molecule has 0 fully saturated rings. The second-order valence-electron chi connectivity index (χ2n) is 8.66. The summed E-state index contributed by atoms with van der Waals surface area (Å²) < 4.78 is 5.50. The van der Waals surface area contributed by atoms with Gasteiger partial charge < -0.3 is 14.5 Å². The summed E-state index contributed by atoms with van der Waals surface area (Å²) in [6.07, 6.45) is 0. The largest absolute Gasteiger partial charge is 0.456 e. The molecule has 1 aliphatic rings. The molecule has 0 radical (unpaired) electrons. The summed E-state index contributed by atoms with van der Waals surface area (Å²) in [5, 5.41) is 0. The van der Waals surface area contributed by atoms with Crippen molar-refractivity contribution >= 4 is 34.9 Å². The van der Waals surface area contributed by atoms with E-state index in [-0.39, 0.29) is 29.8 Å². The van der Waals surface area contributed by atoms with E-state index >= 15 is 0 Å². The Morgan fingerprint density at radius 3 is 2.30 bits per heavy atom. The SMILES string of the molecule is CC(C)C1CN(C(C)C)c2ccc(C(=O)OC(C)(C)C)cc2N1C(=O)CCl. The minimum absolute atomic E-state index is 0.0139. The quantitative estimate of drug-likeness (QED) is 0.558. The Balaban J connectivity index is 2.58. The number of amides is 1. The van der Waals surface area contributed by atoms with Gasteiger partial charge in [0.1, 0.15) is 11.5 Å². The molecule has 6 heteroatoms. The number of carbonyl (C=O) groups excluding carboxylic acids is 2. The number of nitrogens with zero attached hydrogens (tertiary/aromatic N) is 2. The number of benzene rings is 1. The highest BCUT2D eigenvalue weighted by atomic mass is 35.5. The highest BCUT2D eigenvalue weighted by Crippen LogP contribution is 2.39. The molecule has 1 heterocycles. The van der Waals surface area contributed by atoms with Crippen LogP contribution in [0.1, 0.15) is 58.8 Å². The average molecular weight is 395 g/mol. The lowest BCUT2D eigenvalue weighted by molar-refractivity contribution is -0.117.